The third-order valence-corrected chi connectivity index (χ3v) is 4.17. The van der Waals surface area contributed by atoms with E-state index in [9.17, 15) is 13.9 Å². The van der Waals surface area contributed by atoms with Gasteiger partial charge in [0, 0.05) is 18.7 Å². The van der Waals surface area contributed by atoms with Crippen molar-refractivity contribution >= 4 is 29.9 Å². The van der Waals surface area contributed by atoms with Crippen LogP contribution in [-0.2, 0) is 13.0 Å². The van der Waals surface area contributed by atoms with Crippen molar-refractivity contribution in [1.29, 1.82) is 0 Å². The van der Waals surface area contributed by atoms with Gasteiger partial charge < -0.3 is 25.2 Å². The van der Waals surface area contributed by atoms with Crippen LogP contribution in [0.5, 0.6) is 17.2 Å². The van der Waals surface area contributed by atoms with Gasteiger partial charge in [-0.2, -0.15) is 8.78 Å². The maximum atomic E-state index is 12.6. The van der Waals surface area contributed by atoms with Crippen LogP contribution >= 0.6 is 24.0 Å². The number of phenols is 1. The number of aryl methyl sites for hydroxylation is 1. The molecule has 0 aromatic heterocycles. The molecule has 0 saturated heterocycles. The number of hydrogen-bond acceptors (Lipinski definition) is 4. The quantitative estimate of drug-likeness (QED) is 0.255. The Morgan fingerprint density at radius 3 is 2.57 bits per heavy atom. The lowest BCUT2D eigenvalue weighted by molar-refractivity contribution is -0.0504. The highest BCUT2D eigenvalue weighted by molar-refractivity contribution is 14.0. The zero-order valence-electron chi connectivity index (χ0n) is 17.2. The van der Waals surface area contributed by atoms with E-state index >= 15 is 0 Å². The van der Waals surface area contributed by atoms with Gasteiger partial charge in [0.2, 0.25) is 0 Å². The van der Waals surface area contributed by atoms with Crippen LogP contribution in [0.25, 0.3) is 0 Å². The predicted octanol–water partition coefficient (Wildman–Crippen LogP) is 4.23. The number of guanidine groups is 1. The van der Waals surface area contributed by atoms with Gasteiger partial charge in [-0.15, -0.1) is 24.0 Å². The van der Waals surface area contributed by atoms with Gasteiger partial charge in [-0.3, -0.25) is 0 Å². The minimum atomic E-state index is -2.89. The Morgan fingerprint density at radius 2 is 1.90 bits per heavy atom. The van der Waals surface area contributed by atoms with Crippen LogP contribution in [0.15, 0.2) is 41.4 Å². The minimum absolute atomic E-state index is 0. The first-order valence-electron chi connectivity index (χ1n) is 9.36. The van der Waals surface area contributed by atoms with Gasteiger partial charge in [0.05, 0.1) is 13.7 Å². The second kappa shape index (κ2) is 13.1. The van der Waals surface area contributed by atoms with E-state index in [1.165, 1.54) is 13.2 Å². The van der Waals surface area contributed by atoms with Gasteiger partial charge >= 0.3 is 6.61 Å². The molecule has 0 radical (unpaired) electrons. The Bertz CT molecular complexity index is 835. The summed E-state index contributed by atoms with van der Waals surface area (Å²) in [6.07, 6.45) is 0.553. The fraction of sp³-hybridized carbons (Fsp3) is 0.381. The number of methoxy groups -OCH3 is 1. The first kappa shape index (κ1) is 25.7. The number of hydrogen-bond donors (Lipinski definition) is 3. The average Bonchev–Trinajstić information content (AvgIpc) is 2.69. The Balaban J connectivity index is 0.00000450. The Hall–Kier alpha value is -2.30. The van der Waals surface area contributed by atoms with E-state index < -0.39 is 6.61 Å². The number of ether oxygens (including phenoxy) is 2. The Labute approximate surface area is 192 Å². The van der Waals surface area contributed by atoms with E-state index in [2.05, 4.69) is 20.4 Å². The number of para-hydroxylation sites is 1. The van der Waals surface area contributed by atoms with E-state index in [1.54, 1.807) is 18.2 Å². The number of halogens is 3. The molecule has 0 aliphatic heterocycles. The second-order valence-electron chi connectivity index (χ2n) is 6.33. The van der Waals surface area contributed by atoms with Crippen LogP contribution in [0, 0.1) is 6.92 Å². The van der Waals surface area contributed by atoms with E-state index in [-0.39, 0.29) is 42.0 Å². The van der Waals surface area contributed by atoms with Gasteiger partial charge in [0.15, 0.2) is 17.5 Å². The Kier molecular flexibility index (Phi) is 11.2. The predicted molar refractivity (Wildman–Crippen MR) is 124 cm³/mol. The number of alkyl halides is 2. The van der Waals surface area contributed by atoms with Crippen LogP contribution < -0.4 is 20.1 Å². The molecule has 166 valence electrons. The molecule has 2 aromatic carbocycles. The van der Waals surface area contributed by atoms with Gasteiger partial charge in [-0.05, 0) is 38.0 Å². The maximum Gasteiger partial charge on any atom is 0.387 e. The van der Waals surface area contributed by atoms with Crippen LogP contribution in [0.4, 0.5) is 8.78 Å². The summed E-state index contributed by atoms with van der Waals surface area (Å²) >= 11 is 0. The molecule has 0 aliphatic carbocycles. The highest BCUT2D eigenvalue weighted by Crippen LogP contribution is 2.29. The normalized spacial score (nSPS) is 11.1. The molecular weight excluding hydrogens is 507 g/mol. The maximum absolute atomic E-state index is 12.6. The number of nitrogens with one attached hydrogen (secondary N) is 2. The molecule has 6 nitrogen and oxygen atoms in total. The Morgan fingerprint density at radius 1 is 1.13 bits per heavy atom. The number of benzene rings is 2. The molecule has 2 rings (SSSR count). The first-order valence-corrected chi connectivity index (χ1v) is 9.36. The second-order valence-corrected chi connectivity index (χ2v) is 6.33. The summed E-state index contributed by atoms with van der Waals surface area (Å²) in [5, 5.41) is 16.5. The molecule has 0 aliphatic rings. The smallest absolute Gasteiger partial charge is 0.387 e. The molecule has 0 bridgehead atoms. The van der Waals surface area contributed by atoms with Crippen molar-refractivity contribution in [3.8, 4) is 17.2 Å². The number of phenolic OH excluding ortho intramolecular Hbond substituents is 1. The summed E-state index contributed by atoms with van der Waals surface area (Å²) in [5.41, 5.74) is 2.26. The lowest BCUT2D eigenvalue weighted by atomic mass is 10.1. The summed E-state index contributed by atoms with van der Waals surface area (Å²) in [5.74, 6) is 1.20. The van der Waals surface area contributed by atoms with Crippen molar-refractivity contribution in [3.05, 3.63) is 53.1 Å². The standard InChI is InChI=1S/C21H27F2N3O3.HI/c1-4-24-21(25-11-10-15-6-5-7-18(28-3)19(15)27)26-13-16-12-14(2)8-9-17(16)29-20(22)23;/h5-9,12,20,27H,4,10-11,13H2,1-3H3,(H2,24,25,26);1H. The topological polar surface area (TPSA) is 75.1 Å². The van der Waals surface area contributed by atoms with Crippen LogP contribution in [0.3, 0.4) is 0 Å². The third-order valence-electron chi connectivity index (χ3n) is 4.17. The molecule has 0 heterocycles. The molecule has 3 N–H and O–H groups in total. The van der Waals surface area contributed by atoms with Crippen molar-refractivity contribution in [2.45, 2.75) is 33.4 Å². The number of aromatic hydroxyl groups is 1. The van der Waals surface area contributed by atoms with Gasteiger partial charge in [-0.1, -0.05) is 29.8 Å². The van der Waals surface area contributed by atoms with Crippen LogP contribution in [0.1, 0.15) is 23.6 Å². The monoisotopic (exact) mass is 535 g/mol. The highest BCUT2D eigenvalue weighted by atomic mass is 127. The van der Waals surface area contributed by atoms with Gasteiger partial charge in [0.1, 0.15) is 5.75 Å². The fourth-order valence-electron chi connectivity index (χ4n) is 2.80. The minimum Gasteiger partial charge on any atom is -0.504 e. The largest absolute Gasteiger partial charge is 0.504 e. The molecule has 9 heteroatoms. The molecule has 0 saturated carbocycles. The van der Waals surface area contributed by atoms with E-state index in [0.29, 0.717) is 36.8 Å². The summed E-state index contributed by atoms with van der Waals surface area (Å²) in [6.45, 7) is 2.27. The summed E-state index contributed by atoms with van der Waals surface area (Å²) in [7, 11) is 1.50. The third kappa shape index (κ3) is 7.85. The van der Waals surface area contributed by atoms with Crippen molar-refractivity contribution in [2.75, 3.05) is 20.2 Å². The van der Waals surface area contributed by atoms with Gasteiger partial charge in [0.25, 0.3) is 0 Å². The van der Waals surface area contributed by atoms with E-state index in [1.807, 2.05) is 26.0 Å². The molecule has 30 heavy (non-hydrogen) atoms. The van der Waals surface area contributed by atoms with E-state index in [4.69, 9.17) is 4.74 Å². The zero-order chi connectivity index (χ0) is 21.2. The fourth-order valence-corrected chi connectivity index (χ4v) is 2.80. The molecule has 0 spiro atoms. The lowest BCUT2D eigenvalue weighted by Gasteiger charge is -2.14. The SMILES string of the molecule is CCNC(=NCc1cc(C)ccc1OC(F)F)NCCc1cccc(OC)c1O.I. The lowest BCUT2D eigenvalue weighted by Crippen LogP contribution is -2.38. The molecule has 0 amide bonds. The number of rotatable bonds is 9. The summed E-state index contributed by atoms with van der Waals surface area (Å²) in [6, 6.07) is 10.4. The first-order chi connectivity index (χ1) is 13.9. The molecular formula is C21H28F2IN3O3. The average molecular weight is 535 g/mol. The molecule has 0 fully saturated rings. The molecule has 0 atom stereocenters. The van der Waals surface area contributed by atoms with Gasteiger partial charge in [-0.25, -0.2) is 4.99 Å². The van der Waals surface area contributed by atoms with Crippen molar-refractivity contribution in [3.63, 3.8) is 0 Å². The zero-order valence-corrected chi connectivity index (χ0v) is 19.6. The highest BCUT2D eigenvalue weighted by Gasteiger charge is 2.11. The molecule has 0 unspecified atom stereocenters. The van der Waals surface area contributed by atoms with Crippen molar-refractivity contribution in [2.24, 2.45) is 4.99 Å². The van der Waals surface area contributed by atoms with Crippen molar-refractivity contribution < 1.29 is 23.4 Å². The summed E-state index contributed by atoms with van der Waals surface area (Å²) < 4.78 is 34.9. The van der Waals surface area contributed by atoms with Crippen LogP contribution in [0.2, 0.25) is 0 Å². The summed E-state index contributed by atoms with van der Waals surface area (Å²) in [4.78, 5) is 4.46. The van der Waals surface area contributed by atoms with Crippen molar-refractivity contribution in [1.82, 2.24) is 10.6 Å². The van der Waals surface area contributed by atoms with E-state index in [0.717, 1.165) is 11.1 Å². The number of aliphatic imine (C=N–C) groups is 1. The molecule has 2 aromatic rings. The number of nitrogens with zero attached hydrogens (tertiary/aromatic N) is 1. The van der Waals surface area contributed by atoms with Crippen LogP contribution in [-0.4, -0.2) is 37.9 Å².